The van der Waals surface area contributed by atoms with Gasteiger partial charge in [0, 0.05) is 19.5 Å². The summed E-state index contributed by atoms with van der Waals surface area (Å²) in [6.45, 7) is -1.02. The zero-order chi connectivity index (χ0) is 19.5. The monoisotopic (exact) mass is 394 g/mol. The fourth-order valence-electron chi connectivity index (χ4n) is 2.86. The van der Waals surface area contributed by atoms with Crippen LogP contribution in [0.3, 0.4) is 0 Å². The second-order valence-corrected chi connectivity index (χ2v) is 6.70. The summed E-state index contributed by atoms with van der Waals surface area (Å²) in [4.78, 5) is 1.65. The van der Waals surface area contributed by atoms with E-state index in [4.69, 9.17) is 14.2 Å². The predicted octanol–water partition coefficient (Wildman–Crippen LogP) is 1.92. The Morgan fingerprint density at radius 2 is 1.65 bits per heavy atom. The van der Waals surface area contributed by atoms with E-state index in [0.29, 0.717) is 4.90 Å². The minimum Gasteiger partial charge on any atom is -0.379 e. The van der Waals surface area contributed by atoms with Gasteiger partial charge in [0.05, 0.1) is 32.5 Å². The number of alkyl halides is 6. The third kappa shape index (κ3) is 5.00. The van der Waals surface area contributed by atoms with E-state index in [1.807, 2.05) is 0 Å². The van der Waals surface area contributed by atoms with Crippen molar-refractivity contribution in [3.63, 3.8) is 0 Å². The van der Waals surface area contributed by atoms with Crippen LogP contribution in [0.2, 0.25) is 0 Å². The summed E-state index contributed by atoms with van der Waals surface area (Å²) in [6.07, 6.45) is -9.31. The van der Waals surface area contributed by atoms with Crippen molar-refractivity contribution < 1.29 is 40.6 Å². The van der Waals surface area contributed by atoms with Crippen LogP contribution < -0.4 is 0 Å². The van der Waals surface area contributed by atoms with E-state index in [1.165, 1.54) is 0 Å². The van der Waals surface area contributed by atoms with Gasteiger partial charge in [-0.15, -0.1) is 0 Å². The van der Waals surface area contributed by atoms with Gasteiger partial charge in [-0.3, -0.25) is 9.80 Å². The molecule has 0 radical (unpaired) electrons. The van der Waals surface area contributed by atoms with Gasteiger partial charge in [0.1, 0.15) is 6.10 Å². The zero-order valence-corrected chi connectivity index (χ0v) is 14.6. The number of halogens is 6. The van der Waals surface area contributed by atoms with Crippen molar-refractivity contribution in [2.75, 3.05) is 53.6 Å². The molecule has 0 spiro atoms. The summed E-state index contributed by atoms with van der Waals surface area (Å²) in [6, 6.07) is 0. The summed E-state index contributed by atoms with van der Waals surface area (Å²) < 4.78 is 98.8. The Kier molecular flexibility index (Phi) is 7.16. The lowest BCUT2D eigenvalue weighted by molar-refractivity contribution is -0.266. The predicted molar refractivity (Wildman–Crippen MR) is 79.9 cm³/mol. The second-order valence-electron chi connectivity index (χ2n) is 6.70. The number of ether oxygens (including phenoxy) is 3. The van der Waals surface area contributed by atoms with Crippen molar-refractivity contribution in [3.8, 4) is 0 Å². The van der Waals surface area contributed by atoms with Gasteiger partial charge in [-0.1, -0.05) is 0 Å². The van der Waals surface area contributed by atoms with Crippen LogP contribution in [0.4, 0.5) is 26.3 Å². The van der Waals surface area contributed by atoms with Crippen LogP contribution >= 0.6 is 0 Å². The molecule has 0 aliphatic carbocycles. The Morgan fingerprint density at radius 3 is 2.15 bits per heavy atom. The summed E-state index contributed by atoms with van der Waals surface area (Å²) in [5, 5.41) is 0. The SMILES string of the molecule is CN(C)C(F)C(F)(F)CC1COC(C(F)(F)C(F)N2CCOCC2)CO1. The van der Waals surface area contributed by atoms with Crippen LogP contribution in [-0.4, -0.2) is 100 Å². The molecule has 4 atom stereocenters. The van der Waals surface area contributed by atoms with E-state index < -0.39 is 56.3 Å². The minimum atomic E-state index is -3.88. The largest absolute Gasteiger partial charge is 0.379 e. The standard InChI is InChI=1S/C15H24F6N2O3/c1-22(2)12(16)14(18,19)7-10-8-26-11(9-25-10)15(20,21)13(17)23-3-5-24-6-4-23/h10-13H,3-9H2,1-2H3. The highest BCUT2D eigenvalue weighted by atomic mass is 19.3. The van der Waals surface area contributed by atoms with Crippen LogP contribution in [0.15, 0.2) is 0 Å². The number of hydrogen-bond acceptors (Lipinski definition) is 5. The summed E-state index contributed by atoms with van der Waals surface area (Å²) in [7, 11) is 2.31. The first-order chi connectivity index (χ1) is 12.1. The quantitative estimate of drug-likeness (QED) is 0.487. The van der Waals surface area contributed by atoms with Gasteiger partial charge in [-0.05, 0) is 14.1 Å². The maximum absolute atomic E-state index is 14.3. The third-order valence-electron chi connectivity index (χ3n) is 4.38. The molecule has 5 nitrogen and oxygen atoms in total. The normalized spacial score (nSPS) is 29.0. The average Bonchev–Trinajstić information content (AvgIpc) is 2.61. The minimum absolute atomic E-state index is 0.0155. The van der Waals surface area contributed by atoms with Crippen molar-refractivity contribution >= 4 is 0 Å². The lowest BCUT2D eigenvalue weighted by Crippen LogP contribution is -2.58. The Bertz CT molecular complexity index is 443. The van der Waals surface area contributed by atoms with Gasteiger partial charge in [0.2, 0.25) is 12.6 Å². The van der Waals surface area contributed by atoms with Gasteiger partial charge >= 0.3 is 5.92 Å². The number of morpholine rings is 1. The van der Waals surface area contributed by atoms with Crippen LogP contribution in [0, 0.1) is 0 Å². The van der Waals surface area contributed by atoms with E-state index in [0.717, 1.165) is 19.0 Å². The first-order valence-electron chi connectivity index (χ1n) is 8.31. The lowest BCUT2D eigenvalue weighted by Gasteiger charge is -2.40. The van der Waals surface area contributed by atoms with Crippen LogP contribution in [0.1, 0.15) is 6.42 Å². The third-order valence-corrected chi connectivity index (χ3v) is 4.38. The molecule has 4 unspecified atom stereocenters. The van der Waals surface area contributed by atoms with Crippen molar-refractivity contribution in [1.29, 1.82) is 0 Å². The molecule has 2 aliphatic rings. The molecule has 2 saturated heterocycles. The number of nitrogens with zero attached hydrogens (tertiary/aromatic N) is 2. The van der Waals surface area contributed by atoms with Gasteiger partial charge in [0.15, 0.2) is 0 Å². The molecule has 0 aromatic carbocycles. The fraction of sp³-hybridized carbons (Fsp3) is 1.00. The molecule has 2 rings (SSSR count). The van der Waals surface area contributed by atoms with Crippen LogP contribution in [0.5, 0.6) is 0 Å². The summed E-state index contributed by atoms with van der Waals surface area (Å²) in [5.41, 5.74) is 0. The topological polar surface area (TPSA) is 34.2 Å². The molecule has 2 fully saturated rings. The molecular weight excluding hydrogens is 370 g/mol. The molecule has 0 bridgehead atoms. The summed E-state index contributed by atoms with van der Waals surface area (Å²) in [5.74, 6) is -7.61. The molecule has 0 saturated carbocycles. The van der Waals surface area contributed by atoms with Crippen LogP contribution in [-0.2, 0) is 14.2 Å². The molecule has 0 aromatic heterocycles. The summed E-state index contributed by atoms with van der Waals surface area (Å²) >= 11 is 0. The Balaban J connectivity index is 1.88. The van der Waals surface area contributed by atoms with Crippen molar-refractivity contribution in [1.82, 2.24) is 9.80 Å². The molecule has 0 N–H and O–H groups in total. The number of hydrogen-bond donors (Lipinski definition) is 0. The highest BCUT2D eigenvalue weighted by Gasteiger charge is 2.54. The lowest BCUT2D eigenvalue weighted by atomic mass is 10.1. The molecular formula is C15H24F6N2O3. The van der Waals surface area contributed by atoms with E-state index >= 15 is 0 Å². The highest BCUT2D eigenvalue weighted by molar-refractivity contribution is 4.90. The molecule has 2 aliphatic heterocycles. The van der Waals surface area contributed by atoms with E-state index in [-0.39, 0.29) is 26.3 Å². The maximum Gasteiger partial charge on any atom is 0.319 e. The van der Waals surface area contributed by atoms with Crippen molar-refractivity contribution in [3.05, 3.63) is 0 Å². The molecule has 154 valence electrons. The van der Waals surface area contributed by atoms with Crippen LogP contribution in [0.25, 0.3) is 0 Å². The number of rotatable bonds is 7. The van der Waals surface area contributed by atoms with E-state index in [1.54, 1.807) is 0 Å². The Labute approximate surface area is 148 Å². The van der Waals surface area contributed by atoms with Crippen molar-refractivity contribution in [2.45, 2.75) is 43.1 Å². The first-order valence-corrected chi connectivity index (χ1v) is 8.31. The van der Waals surface area contributed by atoms with Gasteiger partial charge in [-0.2, -0.15) is 8.78 Å². The van der Waals surface area contributed by atoms with Gasteiger partial charge < -0.3 is 14.2 Å². The fourth-order valence-corrected chi connectivity index (χ4v) is 2.86. The molecule has 2 heterocycles. The maximum atomic E-state index is 14.3. The van der Waals surface area contributed by atoms with Gasteiger partial charge in [0.25, 0.3) is 5.92 Å². The smallest absolute Gasteiger partial charge is 0.319 e. The Morgan fingerprint density at radius 1 is 1.04 bits per heavy atom. The van der Waals surface area contributed by atoms with Gasteiger partial charge in [-0.25, -0.2) is 17.6 Å². The molecule has 11 heteroatoms. The molecule has 0 aromatic rings. The first kappa shape index (κ1) is 21.7. The molecule has 0 amide bonds. The van der Waals surface area contributed by atoms with E-state index in [2.05, 4.69) is 0 Å². The zero-order valence-electron chi connectivity index (χ0n) is 14.6. The van der Waals surface area contributed by atoms with E-state index in [9.17, 15) is 26.3 Å². The highest BCUT2D eigenvalue weighted by Crippen LogP contribution is 2.35. The average molecular weight is 394 g/mol. The van der Waals surface area contributed by atoms with Crippen molar-refractivity contribution in [2.24, 2.45) is 0 Å². The molecule has 26 heavy (non-hydrogen) atoms. The second kappa shape index (κ2) is 8.59. The Hall–Kier alpha value is -0.620.